The molecule has 0 spiro atoms. The molecule has 0 aromatic carbocycles. The number of rotatable bonds is 12. The summed E-state index contributed by atoms with van der Waals surface area (Å²) < 4.78 is 0. The molecule has 11 heteroatoms. The minimum Gasteiger partial charge on any atom is -0.370 e. The van der Waals surface area contributed by atoms with Gasteiger partial charge >= 0.3 is 0 Å². The molecule has 0 aliphatic carbocycles. The van der Waals surface area contributed by atoms with Crippen molar-refractivity contribution in [1.29, 1.82) is 0 Å². The molecule has 4 fully saturated rings. The molecular formula is C28H55N9O2. The fourth-order valence-electron chi connectivity index (χ4n) is 6.35. The van der Waals surface area contributed by atoms with Crippen molar-refractivity contribution in [3.63, 3.8) is 0 Å². The van der Waals surface area contributed by atoms with Crippen LogP contribution in [-0.2, 0) is 9.59 Å². The van der Waals surface area contributed by atoms with Gasteiger partial charge in [-0.2, -0.15) is 0 Å². The molecule has 0 aromatic rings. The largest absolute Gasteiger partial charge is 0.370 e. The van der Waals surface area contributed by atoms with Crippen molar-refractivity contribution in [2.45, 2.75) is 19.3 Å². The first-order valence-electron chi connectivity index (χ1n) is 15.4. The van der Waals surface area contributed by atoms with Gasteiger partial charge in [0.25, 0.3) is 0 Å². The second-order valence-electron chi connectivity index (χ2n) is 12.4. The van der Waals surface area contributed by atoms with Gasteiger partial charge in [0.15, 0.2) is 0 Å². The average molecular weight is 550 g/mol. The molecule has 0 radical (unpaired) electrons. The maximum absolute atomic E-state index is 12.9. The molecule has 39 heavy (non-hydrogen) atoms. The number of nitrogens with two attached hydrogens (primary N) is 1. The smallest absolute Gasteiger partial charge is 0.237 e. The highest BCUT2D eigenvalue weighted by molar-refractivity contribution is 5.78. The molecule has 4 rings (SSSR count). The van der Waals surface area contributed by atoms with E-state index in [1.807, 2.05) is 11.9 Å². The number of carbonyl (C=O) groups excluding carboxylic acids is 2. The number of amides is 2. The number of piperazine rings is 3. The minimum atomic E-state index is -0.163. The third kappa shape index (κ3) is 10.5. The van der Waals surface area contributed by atoms with Gasteiger partial charge in [-0.15, -0.1) is 0 Å². The first kappa shape index (κ1) is 30.6. The highest BCUT2D eigenvalue weighted by atomic mass is 16.2. The lowest BCUT2D eigenvalue weighted by Crippen LogP contribution is -2.54. The summed E-state index contributed by atoms with van der Waals surface area (Å²) in [7, 11) is 4.17. The number of likely N-dealkylation sites (N-methyl/N-ethyl adjacent to an activating group) is 2. The zero-order valence-corrected chi connectivity index (χ0v) is 24.8. The van der Waals surface area contributed by atoms with Crippen LogP contribution in [0.15, 0.2) is 0 Å². The van der Waals surface area contributed by atoms with Crippen LogP contribution in [-0.4, -0.2) is 196 Å². The summed E-state index contributed by atoms with van der Waals surface area (Å²) in [5, 5.41) is 0. The summed E-state index contributed by atoms with van der Waals surface area (Å²) >= 11 is 0. The number of hydrogen-bond acceptors (Lipinski definition) is 9. The Morgan fingerprint density at radius 1 is 0.641 bits per heavy atom. The summed E-state index contributed by atoms with van der Waals surface area (Å²) in [6.07, 6.45) is 2.72. The highest BCUT2D eigenvalue weighted by Crippen LogP contribution is 2.20. The normalized spacial score (nSPS) is 24.8. The first-order chi connectivity index (χ1) is 18.8. The van der Waals surface area contributed by atoms with Crippen LogP contribution in [0.5, 0.6) is 0 Å². The van der Waals surface area contributed by atoms with Crippen molar-refractivity contribution in [3.8, 4) is 0 Å². The lowest BCUT2D eigenvalue weighted by atomic mass is 9.93. The van der Waals surface area contributed by atoms with E-state index in [2.05, 4.69) is 41.3 Å². The van der Waals surface area contributed by atoms with E-state index in [0.29, 0.717) is 18.9 Å². The van der Waals surface area contributed by atoms with Crippen LogP contribution < -0.4 is 5.73 Å². The lowest BCUT2D eigenvalue weighted by Gasteiger charge is -2.39. The monoisotopic (exact) mass is 549 g/mol. The Bertz CT molecular complexity index is 739. The molecule has 4 aliphatic rings. The third-order valence-electron chi connectivity index (χ3n) is 9.38. The Morgan fingerprint density at radius 2 is 1.05 bits per heavy atom. The molecule has 4 heterocycles. The molecular weight excluding hydrogens is 494 g/mol. The molecule has 224 valence electrons. The van der Waals surface area contributed by atoms with Gasteiger partial charge < -0.3 is 20.4 Å². The van der Waals surface area contributed by atoms with Crippen molar-refractivity contribution in [1.82, 2.24) is 39.2 Å². The van der Waals surface area contributed by atoms with Gasteiger partial charge in [0, 0.05) is 118 Å². The van der Waals surface area contributed by atoms with Crippen LogP contribution in [0.25, 0.3) is 0 Å². The van der Waals surface area contributed by atoms with Crippen LogP contribution in [0.1, 0.15) is 19.3 Å². The molecule has 4 aliphatic heterocycles. The number of carbonyl (C=O) groups is 2. The molecule has 0 aromatic heterocycles. The zero-order valence-electron chi connectivity index (χ0n) is 24.8. The number of primary amides is 1. The Labute approximate surface area is 236 Å². The zero-order chi connectivity index (χ0) is 27.6. The number of hydrogen-bond donors (Lipinski definition) is 1. The van der Waals surface area contributed by atoms with E-state index in [0.717, 1.165) is 105 Å². The maximum Gasteiger partial charge on any atom is 0.237 e. The molecule has 0 saturated carbocycles. The van der Waals surface area contributed by atoms with Crippen molar-refractivity contribution in [3.05, 3.63) is 0 Å². The maximum atomic E-state index is 12.9. The van der Waals surface area contributed by atoms with Crippen molar-refractivity contribution >= 4 is 11.8 Å². The quantitative estimate of drug-likeness (QED) is 0.312. The Kier molecular flexibility index (Phi) is 12.2. The van der Waals surface area contributed by atoms with E-state index in [-0.39, 0.29) is 11.8 Å². The third-order valence-corrected chi connectivity index (χ3v) is 9.38. The average Bonchev–Trinajstić information content (AvgIpc) is 2.93. The Balaban J connectivity index is 1.03. The van der Waals surface area contributed by atoms with Gasteiger partial charge in [0.1, 0.15) is 0 Å². The van der Waals surface area contributed by atoms with Crippen molar-refractivity contribution in [2.24, 2.45) is 11.7 Å². The van der Waals surface area contributed by atoms with E-state index in [9.17, 15) is 9.59 Å². The number of likely N-dealkylation sites (tertiary alicyclic amines) is 1. The van der Waals surface area contributed by atoms with Gasteiger partial charge in [-0.3, -0.25) is 34.1 Å². The SMILES string of the molecule is CN1CCN(CCN2CCN(CC(=O)N(C)CN3CCN(CCN4CCC(CC(N)=O)CC4)CC3)CC2)CC1. The number of piperidine rings is 1. The molecule has 0 atom stereocenters. The molecule has 0 unspecified atom stereocenters. The first-order valence-corrected chi connectivity index (χ1v) is 15.4. The molecule has 2 N–H and O–H groups in total. The number of nitrogens with zero attached hydrogens (tertiary/aromatic N) is 8. The summed E-state index contributed by atoms with van der Waals surface area (Å²) in [5.41, 5.74) is 5.36. The van der Waals surface area contributed by atoms with E-state index in [4.69, 9.17) is 5.73 Å². The molecule has 4 saturated heterocycles. The van der Waals surface area contributed by atoms with Crippen LogP contribution in [0, 0.1) is 5.92 Å². The fourth-order valence-corrected chi connectivity index (χ4v) is 6.35. The van der Waals surface area contributed by atoms with Crippen LogP contribution in [0.3, 0.4) is 0 Å². The van der Waals surface area contributed by atoms with Crippen LogP contribution in [0.4, 0.5) is 0 Å². The Hall–Kier alpha value is -1.34. The summed E-state index contributed by atoms with van der Waals surface area (Å²) in [6, 6.07) is 0. The second kappa shape index (κ2) is 15.6. The molecule has 2 amide bonds. The Morgan fingerprint density at radius 3 is 1.54 bits per heavy atom. The van der Waals surface area contributed by atoms with E-state index in [1.165, 1.54) is 32.7 Å². The fraction of sp³-hybridized carbons (Fsp3) is 0.929. The summed E-state index contributed by atoms with van der Waals surface area (Å²) in [4.78, 5) is 43.4. The summed E-state index contributed by atoms with van der Waals surface area (Å²) in [6.45, 7) is 21.0. The van der Waals surface area contributed by atoms with Gasteiger partial charge in [-0.1, -0.05) is 0 Å². The van der Waals surface area contributed by atoms with Crippen molar-refractivity contribution in [2.75, 3.05) is 145 Å². The van der Waals surface area contributed by atoms with Crippen LogP contribution in [0.2, 0.25) is 0 Å². The predicted molar refractivity (Wildman–Crippen MR) is 155 cm³/mol. The predicted octanol–water partition coefficient (Wildman–Crippen LogP) is -1.53. The minimum absolute atomic E-state index is 0.163. The standard InChI is InChI=1S/C28H55N9O2/c1-30-7-9-33(10-8-30)13-14-34-15-19-36(20-16-34)24-28(39)31(2)25-37-21-17-35(18-22-37)12-11-32-5-3-26(4-6-32)23-27(29)38/h26H,3-25H2,1-2H3,(H2,29,38). The van der Waals surface area contributed by atoms with E-state index < -0.39 is 0 Å². The lowest BCUT2D eigenvalue weighted by molar-refractivity contribution is -0.133. The van der Waals surface area contributed by atoms with Gasteiger partial charge in [0.05, 0.1) is 13.2 Å². The van der Waals surface area contributed by atoms with Crippen LogP contribution >= 0.6 is 0 Å². The highest BCUT2D eigenvalue weighted by Gasteiger charge is 2.25. The van der Waals surface area contributed by atoms with Gasteiger partial charge in [-0.05, 0) is 38.9 Å². The summed E-state index contributed by atoms with van der Waals surface area (Å²) in [5.74, 6) is 0.552. The topological polar surface area (TPSA) is 86.1 Å². The van der Waals surface area contributed by atoms with E-state index in [1.54, 1.807) is 0 Å². The second-order valence-corrected chi connectivity index (χ2v) is 12.4. The van der Waals surface area contributed by atoms with Gasteiger partial charge in [-0.25, -0.2) is 0 Å². The molecule has 0 bridgehead atoms. The molecule has 11 nitrogen and oxygen atoms in total. The van der Waals surface area contributed by atoms with E-state index >= 15 is 0 Å². The van der Waals surface area contributed by atoms with Gasteiger partial charge in [0.2, 0.25) is 11.8 Å². The van der Waals surface area contributed by atoms with Crippen molar-refractivity contribution < 1.29 is 9.59 Å².